The second-order valence-corrected chi connectivity index (χ2v) is 4.29. The molecule has 0 aliphatic carbocycles. The summed E-state index contributed by atoms with van der Waals surface area (Å²) in [5, 5.41) is 0.435. The lowest BCUT2D eigenvalue weighted by Crippen LogP contribution is -2.19. The summed E-state index contributed by atoms with van der Waals surface area (Å²) in [4.78, 5) is 6.16. The van der Waals surface area contributed by atoms with E-state index in [1.54, 1.807) is 18.4 Å². The molecule has 0 unspecified atom stereocenters. The Labute approximate surface area is 105 Å². The molecule has 0 aliphatic rings. The van der Waals surface area contributed by atoms with Gasteiger partial charge in [0.25, 0.3) is 0 Å². The highest BCUT2D eigenvalue weighted by molar-refractivity contribution is 6.29. The van der Waals surface area contributed by atoms with Crippen molar-refractivity contribution >= 4 is 23.1 Å². The Bertz CT molecular complexity index is 524. The molecular formula is C12H14ClN3O. The second-order valence-electron chi connectivity index (χ2n) is 3.90. The van der Waals surface area contributed by atoms with Crippen molar-refractivity contribution < 1.29 is 4.42 Å². The number of nitrogen functional groups attached to an aromatic ring is 1. The Morgan fingerprint density at radius 3 is 2.82 bits per heavy atom. The van der Waals surface area contributed by atoms with E-state index in [-0.39, 0.29) is 0 Å². The minimum atomic E-state index is 0.435. The summed E-state index contributed by atoms with van der Waals surface area (Å²) in [6.45, 7) is 2.61. The molecule has 2 aromatic rings. The summed E-state index contributed by atoms with van der Waals surface area (Å²) < 4.78 is 5.25. The molecule has 0 fully saturated rings. The van der Waals surface area contributed by atoms with Crippen LogP contribution in [0.2, 0.25) is 5.15 Å². The molecule has 0 atom stereocenters. The maximum atomic E-state index is 5.87. The normalized spacial score (nSPS) is 10.5. The number of nitrogens with zero attached hydrogens (tertiary/aromatic N) is 2. The highest BCUT2D eigenvalue weighted by Gasteiger charge is 2.10. The van der Waals surface area contributed by atoms with Crippen molar-refractivity contribution in [2.24, 2.45) is 0 Å². The number of pyridine rings is 1. The highest BCUT2D eigenvalue weighted by atomic mass is 35.5. The second kappa shape index (κ2) is 4.67. The lowest BCUT2D eigenvalue weighted by atomic mass is 10.2. The monoisotopic (exact) mass is 251 g/mol. The Morgan fingerprint density at radius 1 is 1.41 bits per heavy atom. The summed E-state index contributed by atoms with van der Waals surface area (Å²) in [6, 6.07) is 5.37. The van der Waals surface area contributed by atoms with Crippen molar-refractivity contribution in [1.82, 2.24) is 4.98 Å². The summed E-state index contributed by atoms with van der Waals surface area (Å²) in [5.74, 6) is 1.58. The van der Waals surface area contributed by atoms with Gasteiger partial charge in [0.15, 0.2) is 5.82 Å². The standard InChI is InChI=1S/C12H14ClN3O/c1-8-9(5-6-17-8)7-16(2)12-10(14)3-4-11(13)15-12/h3-6H,7,14H2,1-2H3. The Kier molecular flexibility index (Phi) is 3.24. The maximum absolute atomic E-state index is 5.87. The predicted molar refractivity (Wildman–Crippen MR) is 69.2 cm³/mol. The van der Waals surface area contributed by atoms with Crippen LogP contribution >= 0.6 is 11.6 Å². The first-order valence-corrected chi connectivity index (χ1v) is 5.62. The Morgan fingerprint density at radius 2 is 2.18 bits per heavy atom. The van der Waals surface area contributed by atoms with E-state index in [4.69, 9.17) is 21.8 Å². The largest absolute Gasteiger partial charge is 0.469 e. The predicted octanol–water partition coefficient (Wildman–Crippen LogP) is 2.86. The molecule has 2 N–H and O–H groups in total. The summed E-state index contributed by atoms with van der Waals surface area (Å²) in [6.07, 6.45) is 1.67. The number of furan rings is 1. The van der Waals surface area contributed by atoms with E-state index < -0.39 is 0 Å². The van der Waals surface area contributed by atoms with Crippen LogP contribution in [0, 0.1) is 6.92 Å². The Balaban J connectivity index is 2.23. The zero-order valence-corrected chi connectivity index (χ0v) is 10.5. The van der Waals surface area contributed by atoms with Gasteiger partial charge in [-0.2, -0.15) is 0 Å². The van der Waals surface area contributed by atoms with Gasteiger partial charge in [0.2, 0.25) is 0 Å². The van der Waals surface area contributed by atoms with Crippen LogP contribution in [-0.4, -0.2) is 12.0 Å². The van der Waals surface area contributed by atoms with E-state index >= 15 is 0 Å². The number of aromatic nitrogens is 1. The van der Waals surface area contributed by atoms with Gasteiger partial charge >= 0.3 is 0 Å². The van der Waals surface area contributed by atoms with Crippen LogP contribution < -0.4 is 10.6 Å². The molecule has 90 valence electrons. The molecule has 0 saturated heterocycles. The van der Waals surface area contributed by atoms with Crippen molar-refractivity contribution in [1.29, 1.82) is 0 Å². The molecule has 5 heteroatoms. The van der Waals surface area contributed by atoms with Gasteiger partial charge in [0.1, 0.15) is 10.9 Å². The number of hydrogen-bond donors (Lipinski definition) is 1. The Hall–Kier alpha value is -1.68. The number of halogens is 1. The third-order valence-electron chi connectivity index (χ3n) is 2.61. The zero-order valence-electron chi connectivity index (χ0n) is 9.77. The van der Waals surface area contributed by atoms with Crippen molar-refractivity contribution in [3.63, 3.8) is 0 Å². The molecule has 0 saturated carbocycles. The molecule has 0 aliphatic heterocycles. The first-order valence-electron chi connectivity index (χ1n) is 5.24. The summed E-state index contributed by atoms with van der Waals surface area (Å²) >= 11 is 5.86. The van der Waals surface area contributed by atoms with Crippen LogP contribution in [0.25, 0.3) is 0 Å². The van der Waals surface area contributed by atoms with Crippen LogP contribution in [0.4, 0.5) is 11.5 Å². The van der Waals surface area contributed by atoms with Crippen molar-refractivity contribution in [3.8, 4) is 0 Å². The first kappa shape index (κ1) is 11.8. The average molecular weight is 252 g/mol. The average Bonchev–Trinajstić information content (AvgIpc) is 2.68. The molecule has 4 nitrogen and oxygen atoms in total. The highest BCUT2D eigenvalue weighted by Crippen LogP contribution is 2.23. The molecule has 0 spiro atoms. The van der Waals surface area contributed by atoms with Gasteiger partial charge in [-0.05, 0) is 25.1 Å². The molecule has 0 bridgehead atoms. The smallest absolute Gasteiger partial charge is 0.153 e. The van der Waals surface area contributed by atoms with Gasteiger partial charge in [-0.15, -0.1) is 0 Å². The topological polar surface area (TPSA) is 55.3 Å². The number of rotatable bonds is 3. The molecule has 2 rings (SSSR count). The fourth-order valence-electron chi connectivity index (χ4n) is 1.65. The van der Waals surface area contributed by atoms with E-state index in [0.717, 1.165) is 11.3 Å². The molecule has 17 heavy (non-hydrogen) atoms. The van der Waals surface area contributed by atoms with Crippen molar-refractivity contribution in [2.75, 3.05) is 17.7 Å². The van der Waals surface area contributed by atoms with Gasteiger partial charge in [0, 0.05) is 19.2 Å². The van der Waals surface area contributed by atoms with Crippen molar-refractivity contribution in [3.05, 3.63) is 40.9 Å². The quantitative estimate of drug-likeness (QED) is 0.853. The number of aryl methyl sites for hydroxylation is 1. The molecule has 2 aromatic heterocycles. The third kappa shape index (κ3) is 2.53. The van der Waals surface area contributed by atoms with E-state index in [2.05, 4.69) is 4.98 Å². The van der Waals surface area contributed by atoms with Crippen LogP contribution in [0.15, 0.2) is 28.9 Å². The zero-order chi connectivity index (χ0) is 12.4. The van der Waals surface area contributed by atoms with Crippen LogP contribution in [-0.2, 0) is 6.54 Å². The SMILES string of the molecule is Cc1occc1CN(C)c1nc(Cl)ccc1N. The minimum Gasteiger partial charge on any atom is -0.469 e. The van der Waals surface area contributed by atoms with E-state index in [1.807, 2.05) is 24.9 Å². The van der Waals surface area contributed by atoms with Gasteiger partial charge in [-0.25, -0.2) is 4.98 Å². The van der Waals surface area contributed by atoms with Crippen LogP contribution in [0.3, 0.4) is 0 Å². The van der Waals surface area contributed by atoms with Crippen LogP contribution in [0.5, 0.6) is 0 Å². The first-order chi connectivity index (χ1) is 8.08. The fraction of sp³-hybridized carbons (Fsp3) is 0.250. The molecule has 0 amide bonds. The lowest BCUT2D eigenvalue weighted by molar-refractivity contribution is 0.529. The third-order valence-corrected chi connectivity index (χ3v) is 2.82. The van der Waals surface area contributed by atoms with E-state index in [0.29, 0.717) is 23.2 Å². The molecule has 2 heterocycles. The summed E-state index contributed by atoms with van der Waals surface area (Å²) in [7, 11) is 1.92. The number of anilines is 2. The van der Waals surface area contributed by atoms with Gasteiger partial charge in [-0.1, -0.05) is 11.6 Å². The lowest BCUT2D eigenvalue weighted by Gasteiger charge is -2.19. The number of hydrogen-bond acceptors (Lipinski definition) is 4. The molecule has 0 aromatic carbocycles. The van der Waals surface area contributed by atoms with Crippen molar-refractivity contribution in [2.45, 2.75) is 13.5 Å². The molecule has 0 radical (unpaired) electrons. The van der Waals surface area contributed by atoms with Gasteiger partial charge in [-0.3, -0.25) is 0 Å². The minimum absolute atomic E-state index is 0.435. The van der Waals surface area contributed by atoms with Gasteiger partial charge < -0.3 is 15.1 Å². The fourth-order valence-corrected chi connectivity index (χ4v) is 1.79. The maximum Gasteiger partial charge on any atom is 0.153 e. The molecular weight excluding hydrogens is 238 g/mol. The van der Waals surface area contributed by atoms with E-state index in [9.17, 15) is 0 Å². The van der Waals surface area contributed by atoms with E-state index in [1.165, 1.54) is 0 Å². The van der Waals surface area contributed by atoms with Crippen LogP contribution in [0.1, 0.15) is 11.3 Å². The van der Waals surface area contributed by atoms with Gasteiger partial charge in [0.05, 0.1) is 12.0 Å². The number of nitrogens with two attached hydrogens (primary N) is 1. The summed E-state index contributed by atoms with van der Waals surface area (Å²) in [5.41, 5.74) is 7.59.